The summed E-state index contributed by atoms with van der Waals surface area (Å²) in [5.74, 6) is 0.110. The maximum atomic E-state index is 12.2. The fourth-order valence-corrected chi connectivity index (χ4v) is 3.03. The molecule has 0 bridgehead atoms. The molecule has 17 heavy (non-hydrogen) atoms. The third-order valence-corrected chi connectivity index (χ3v) is 4.89. The van der Waals surface area contributed by atoms with Gasteiger partial charge in [0.15, 0.2) is 0 Å². The lowest BCUT2D eigenvalue weighted by Crippen LogP contribution is -2.33. The molecule has 1 amide bonds. The van der Waals surface area contributed by atoms with Gasteiger partial charge in [0.05, 0.1) is 5.69 Å². The van der Waals surface area contributed by atoms with Crippen LogP contribution in [-0.2, 0) is 4.79 Å². The molecule has 0 aliphatic heterocycles. The van der Waals surface area contributed by atoms with Crippen molar-refractivity contribution in [1.82, 2.24) is 0 Å². The number of para-hydroxylation sites is 1. The lowest BCUT2D eigenvalue weighted by Gasteiger charge is -2.23. The molecule has 1 aromatic carbocycles. The largest absolute Gasteiger partial charge is 0.313 e. The van der Waals surface area contributed by atoms with Crippen molar-refractivity contribution < 1.29 is 4.79 Å². The summed E-state index contributed by atoms with van der Waals surface area (Å²) in [6.07, 6.45) is 5.67. The zero-order chi connectivity index (χ0) is 12.8. The van der Waals surface area contributed by atoms with Crippen LogP contribution in [0.2, 0.25) is 0 Å². The molecule has 0 unspecified atom stereocenters. The summed E-state index contributed by atoms with van der Waals surface area (Å²) in [5, 5.41) is 0. The minimum atomic E-state index is -0.0575. The number of hydrogen-bond donors (Lipinski definition) is 0. The van der Waals surface area contributed by atoms with E-state index in [4.69, 9.17) is 0 Å². The van der Waals surface area contributed by atoms with Crippen molar-refractivity contribution >= 4 is 41.2 Å². The van der Waals surface area contributed by atoms with Crippen LogP contribution in [0, 0.1) is 0 Å². The van der Waals surface area contributed by atoms with Crippen molar-refractivity contribution in [2.75, 3.05) is 24.5 Å². The molecule has 0 aromatic heterocycles. The highest BCUT2D eigenvalue weighted by Crippen LogP contribution is 2.26. The molecular weight excluding hydrogens is 250 g/mol. The standard InChI is InChI=1S/C13H17NOS2/c1-5-10-8-6-7-9-11(10)14(2)12(15)13(16-3)17-4/h5-9,13H,1H2,2-4H3. The lowest BCUT2D eigenvalue weighted by atomic mass is 10.1. The molecule has 0 saturated carbocycles. The molecular formula is C13H17NOS2. The number of anilines is 1. The van der Waals surface area contributed by atoms with Crippen LogP contribution in [0.3, 0.4) is 0 Å². The molecule has 1 aromatic rings. The predicted octanol–water partition coefficient (Wildman–Crippen LogP) is 3.34. The molecule has 0 heterocycles. The van der Waals surface area contributed by atoms with Crippen molar-refractivity contribution in [1.29, 1.82) is 0 Å². The van der Waals surface area contributed by atoms with E-state index in [9.17, 15) is 4.79 Å². The van der Waals surface area contributed by atoms with Gasteiger partial charge in [0, 0.05) is 7.05 Å². The topological polar surface area (TPSA) is 20.3 Å². The number of hydrogen-bond acceptors (Lipinski definition) is 3. The number of nitrogens with zero attached hydrogens (tertiary/aromatic N) is 1. The van der Waals surface area contributed by atoms with E-state index in [1.165, 1.54) is 0 Å². The molecule has 0 fully saturated rings. The Labute approximate surface area is 111 Å². The summed E-state index contributed by atoms with van der Waals surface area (Å²) in [6.45, 7) is 3.77. The quantitative estimate of drug-likeness (QED) is 0.763. The molecule has 0 aliphatic carbocycles. The van der Waals surface area contributed by atoms with E-state index in [-0.39, 0.29) is 10.5 Å². The number of thioether (sulfide) groups is 2. The minimum absolute atomic E-state index is 0.0575. The molecule has 0 saturated heterocycles. The summed E-state index contributed by atoms with van der Waals surface area (Å²) in [5.41, 5.74) is 1.88. The van der Waals surface area contributed by atoms with E-state index in [1.54, 1.807) is 34.5 Å². The Morgan fingerprint density at radius 3 is 2.47 bits per heavy atom. The van der Waals surface area contributed by atoms with Crippen LogP contribution in [-0.4, -0.2) is 30.0 Å². The van der Waals surface area contributed by atoms with Crippen LogP contribution in [0.15, 0.2) is 30.8 Å². The van der Waals surface area contributed by atoms with E-state index < -0.39 is 0 Å². The van der Waals surface area contributed by atoms with Crippen molar-refractivity contribution in [2.24, 2.45) is 0 Å². The summed E-state index contributed by atoms with van der Waals surface area (Å²) in [6, 6.07) is 7.77. The smallest absolute Gasteiger partial charge is 0.249 e. The van der Waals surface area contributed by atoms with Gasteiger partial charge in [-0.15, -0.1) is 23.5 Å². The number of carbonyl (C=O) groups is 1. The highest BCUT2D eigenvalue weighted by Gasteiger charge is 2.21. The zero-order valence-corrected chi connectivity index (χ0v) is 12.0. The van der Waals surface area contributed by atoms with Gasteiger partial charge in [-0.2, -0.15) is 0 Å². The third kappa shape index (κ3) is 3.30. The maximum absolute atomic E-state index is 12.2. The van der Waals surface area contributed by atoms with Crippen LogP contribution in [0.5, 0.6) is 0 Å². The number of benzene rings is 1. The Kier molecular flexibility index (Phi) is 5.65. The number of carbonyl (C=O) groups excluding carboxylic acids is 1. The second kappa shape index (κ2) is 6.77. The van der Waals surface area contributed by atoms with Gasteiger partial charge in [-0.05, 0) is 24.1 Å². The van der Waals surface area contributed by atoms with Crippen molar-refractivity contribution in [3.8, 4) is 0 Å². The van der Waals surface area contributed by atoms with E-state index in [0.29, 0.717) is 0 Å². The summed E-state index contributed by atoms with van der Waals surface area (Å²) < 4.78 is -0.0575. The van der Waals surface area contributed by atoms with Crippen molar-refractivity contribution in [2.45, 2.75) is 4.58 Å². The zero-order valence-electron chi connectivity index (χ0n) is 10.3. The van der Waals surface area contributed by atoms with Gasteiger partial charge in [-0.3, -0.25) is 4.79 Å². The maximum Gasteiger partial charge on any atom is 0.249 e. The number of rotatable bonds is 5. The molecule has 4 heteroatoms. The Hall–Kier alpha value is -0.870. The van der Waals surface area contributed by atoms with E-state index in [0.717, 1.165) is 11.3 Å². The average molecular weight is 267 g/mol. The number of amides is 1. The average Bonchev–Trinajstić information content (AvgIpc) is 2.39. The Bertz CT molecular complexity index is 402. The normalized spacial score (nSPS) is 10.4. The molecule has 0 atom stereocenters. The van der Waals surface area contributed by atoms with Crippen LogP contribution in [0.4, 0.5) is 5.69 Å². The van der Waals surface area contributed by atoms with Crippen LogP contribution < -0.4 is 4.90 Å². The molecule has 1 rings (SSSR count). The minimum Gasteiger partial charge on any atom is -0.313 e. The van der Waals surface area contributed by atoms with E-state index in [1.807, 2.05) is 43.8 Å². The second-order valence-corrected chi connectivity index (χ2v) is 5.65. The van der Waals surface area contributed by atoms with Gasteiger partial charge in [-0.1, -0.05) is 30.9 Å². The third-order valence-electron chi connectivity index (χ3n) is 2.48. The molecule has 0 aliphatic rings. The van der Waals surface area contributed by atoms with Crippen molar-refractivity contribution in [3.05, 3.63) is 36.4 Å². The molecule has 0 spiro atoms. The molecule has 2 nitrogen and oxygen atoms in total. The Morgan fingerprint density at radius 1 is 1.35 bits per heavy atom. The molecule has 0 N–H and O–H groups in total. The summed E-state index contributed by atoms with van der Waals surface area (Å²) in [4.78, 5) is 13.9. The Morgan fingerprint density at radius 2 is 1.94 bits per heavy atom. The first-order chi connectivity index (χ1) is 8.15. The van der Waals surface area contributed by atoms with Gasteiger partial charge in [0.25, 0.3) is 0 Å². The first-order valence-corrected chi connectivity index (χ1v) is 7.78. The van der Waals surface area contributed by atoms with Crippen LogP contribution in [0.1, 0.15) is 5.56 Å². The highest BCUT2D eigenvalue weighted by atomic mass is 32.2. The van der Waals surface area contributed by atoms with Gasteiger partial charge in [0.2, 0.25) is 5.91 Å². The fraction of sp³-hybridized carbons (Fsp3) is 0.308. The highest BCUT2D eigenvalue weighted by molar-refractivity contribution is 8.17. The SMILES string of the molecule is C=Cc1ccccc1N(C)C(=O)C(SC)SC. The first-order valence-electron chi connectivity index (χ1n) is 5.20. The fourth-order valence-electron chi connectivity index (χ4n) is 1.54. The molecule has 0 radical (unpaired) electrons. The predicted molar refractivity (Wildman–Crippen MR) is 80.8 cm³/mol. The molecule has 92 valence electrons. The van der Waals surface area contributed by atoms with Gasteiger partial charge >= 0.3 is 0 Å². The van der Waals surface area contributed by atoms with Gasteiger partial charge in [0.1, 0.15) is 4.58 Å². The lowest BCUT2D eigenvalue weighted by molar-refractivity contribution is -0.116. The van der Waals surface area contributed by atoms with Crippen molar-refractivity contribution in [3.63, 3.8) is 0 Å². The van der Waals surface area contributed by atoms with Gasteiger partial charge in [-0.25, -0.2) is 0 Å². The van der Waals surface area contributed by atoms with E-state index in [2.05, 4.69) is 6.58 Å². The van der Waals surface area contributed by atoms with Gasteiger partial charge < -0.3 is 4.90 Å². The van der Waals surface area contributed by atoms with Crippen LogP contribution >= 0.6 is 23.5 Å². The second-order valence-electron chi connectivity index (χ2n) is 3.46. The summed E-state index contributed by atoms with van der Waals surface area (Å²) >= 11 is 3.12. The summed E-state index contributed by atoms with van der Waals surface area (Å²) in [7, 11) is 1.81. The van der Waals surface area contributed by atoms with Crippen LogP contribution in [0.25, 0.3) is 6.08 Å². The first kappa shape index (κ1) is 14.2. The van der Waals surface area contributed by atoms with E-state index >= 15 is 0 Å². The Balaban J connectivity index is 2.99. The monoisotopic (exact) mass is 267 g/mol.